The molecular formula is C21H20ClN3O2. The van der Waals surface area contributed by atoms with E-state index in [2.05, 4.69) is 15.2 Å². The number of nitrogens with one attached hydrogen (secondary N) is 1. The summed E-state index contributed by atoms with van der Waals surface area (Å²) in [6.07, 6.45) is 4.02. The van der Waals surface area contributed by atoms with E-state index in [1.165, 1.54) is 12.8 Å². The molecule has 0 bridgehead atoms. The molecule has 1 aliphatic rings. The zero-order chi connectivity index (χ0) is 18.8. The second-order valence-electron chi connectivity index (χ2n) is 6.54. The Balaban J connectivity index is 1.68. The van der Waals surface area contributed by atoms with E-state index in [1.807, 2.05) is 24.3 Å². The predicted octanol–water partition coefficient (Wildman–Crippen LogP) is 4.75. The summed E-state index contributed by atoms with van der Waals surface area (Å²) in [7, 11) is 1.55. The third kappa shape index (κ3) is 3.43. The van der Waals surface area contributed by atoms with Crippen molar-refractivity contribution in [1.82, 2.24) is 4.98 Å². The summed E-state index contributed by atoms with van der Waals surface area (Å²) in [5.74, 6) is 1.30. The summed E-state index contributed by atoms with van der Waals surface area (Å²) in [6.45, 7) is 2.01. The summed E-state index contributed by atoms with van der Waals surface area (Å²) in [5, 5.41) is 5.24. The maximum atomic E-state index is 12.9. The lowest BCUT2D eigenvalue weighted by molar-refractivity contribution is 0.102. The second-order valence-corrected chi connectivity index (χ2v) is 6.95. The van der Waals surface area contributed by atoms with Gasteiger partial charge in [0.2, 0.25) is 0 Å². The topological polar surface area (TPSA) is 54.5 Å². The van der Waals surface area contributed by atoms with Crippen molar-refractivity contribution in [3.05, 3.63) is 59.2 Å². The highest BCUT2D eigenvalue weighted by atomic mass is 35.5. The zero-order valence-electron chi connectivity index (χ0n) is 15.0. The molecule has 1 fully saturated rings. The van der Waals surface area contributed by atoms with Gasteiger partial charge >= 0.3 is 0 Å². The minimum absolute atomic E-state index is 0.215. The fraction of sp³-hybridized carbons (Fsp3) is 0.238. The molecule has 0 saturated carbocycles. The molecule has 138 valence electrons. The van der Waals surface area contributed by atoms with E-state index in [0.29, 0.717) is 22.0 Å². The molecule has 1 amide bonds. The highest BCUT2D eigenvalue weighted by Gasteiger charge is 2.19. The van der Waals surface area contributed by atoms with Gasteiger partial charge in [-0.1, -0.05) is 35.9 Å². The maximum Gasteiger partial charge on any atom is 0.257 e. The van der Waals surface area contributed by atoms with Crippen LogP contribution >= 0.6 is 11.6 Å². The number of carbonyl (C=O) groups excluding carboxylic acids is 1. The van der Waals surface area contributed by atoms with Gasteiger partial charge in [-0.2, -0.15) is 0 Å². The minimum Gasteiger partial charge on any atom is -0.495 e. The molecule has 1 N–H and O–H groups in total. The first-order valence-electron chi connectivity index (χ1n) is 8.95. The van der Waals surface area contributed by atoms with Gasteiger partial charge in [0.05, 0.1) is 17.7 Å². The van der Waals surface area contributed by atoms with Crippen LogP contribution < -0.4 is 15.0 Å². The predicted molar refractivity (Wildman–Crippen MR) is 109 cm³/mol. The van der Waals surface area contributed by atoms with Gasteiger partial charge in [0.15, 0.2) is 0 Å². The van der Waals surface area contributed by atoms with E-state index in [-0.39, 0.29) is 5.91 Å². The molecule has 0 aliphatic carbocycles. The molecule has 1 aromatic heterocycles. The third-order valence-corrected chi connectivity index (χ3v) is 5.13. The van der Waals surface area contributed by atoms with Gasteiger partial charge in [-0.15, -0.1) is 0 Å². The molecule has 3 aromatic rings. The molecule has 0 unspecified atom stereocenters. The Morgan fingerprint density at radius 1 is 1.15 bits per heavy atom. The number of nitrogens with zero attached hydrogens (tertiary/aromatic N) is 2. The fourth-order valence-corrected chi connectivity index (χ4v) is 3.74. The van der Waals surface area contributed by atoms with Crippen LogP contribution in [0, 0.1) is 0 Å². The number of halogens is 1. The van der Waals surface area contributed by atoms with Crippen LogP contribution in [-0.2, 0) is 0 Å². The minimum atomic E-state index is -0.215. The highest BCUT2D eigenvalue weighted by molar-refractivity contribution is 6.32. The van der Waals surface area contributed by atoms with Gasteiger partial charge in [0.1, 0.15) is 11.6 Å². The van der Waals surface area contributed by atoms with Crippen LogP contribution in [0.5, 0.6) is 5.75 Å². The van der Waals surface area contributed by atoms with E-state index in [0.717, 1.165) is 29.7 Å². The zero-order valence-corrected chi connectivity index (χ0v) is 15.8. The van der Waals surface area contributed by atoms with E-state index in [4.69, 9.17) is 16.3 Å². The number of amides is 1. The quantitative estimate of drug-likeness (QED) is 0.708. The van der Waals surface area contributed by atoms with Gasteiger partial charge in [-0.05, 0) is 36.4 Å². The molecule has 1 saturated heterocycles. The average molecular weight is 382 g/mol. The van der Waals surface area contributed by atoms with E-state index in [9.17, 15) is 4.79 Å². The molecule has 2 heterocycles. The number of anilines is 2. The highest BCUT2D eigenvalue weighted by Crippen LogP contribution is 2.31. The maximum absolute atomic E-state index is 12.9. The number of methoxy groups -OCH3 is 1. The first-order valence-corrected chi connectivity index (χ1v) is 9.33. The van der Waals surface area contributed by atoms with Crippen molar-refractivity contribution in [2.45, 2.75) is 12.8 Å². The molecule has 5 nitrogen and oxygen atoms in total. The van der Waals surface area contributed by atoms with Crippen LogP contribution in [0.15, 0.2) is 48.7 Å². The number of carbonyl (C=O) groups is 1. The molecule has 0 spiro atoms. The SMILES string of the molecule is COc1ccc(NC(=O)c2cnc(N3CCCC3)c3ccccc23)cc1Cl. The van der Waals surface area contributed by atoms with Gasteiger partial charge in [-0.3, -0.25) is 4.79 Å². The van der Waals surface area contributed by atoms with Crippen molar-refractivity contribution >= 4 is 39.8 Å². The molecule has 0 radical (unpaired) electrons. The average Bonchev–Trinajstić information content (AvgIpc) is 3.22. The van der Waals surface area contributed by atoms with Gasteiger partial charge in [0, 0.05) is 30.4 Å². The largest absolute Gasteiger partial charge is 0.495 e. The summed E-state index contributed by atoms with van der Waals surface area (Å²) in [6, 6.07) is 13.1. The summed E-state index contributed by atoms with van der Waals surface area (Å²) in [5.41, 5.74) is 1.15. The van der Waals surface area contributed by atoms with Crippen molar-refractivity contribution in [2.24, 2.45) is 0 Å². The summed E-state index contributed by atoms with van der Waals surface area (Å²) >= 11 is 6.15. The van der Waals surface area contributed by atoms with Crippen LogP contribution in [0.4, 0.5) is 11.5 Å². The van der Waals surface area contributed by atoms with E-state index in [1.54, 1.807) is 31.5 Å². The van der Waals surface area contributed by atoms with E-state index < -0.39 is 0 Å². The first kappa shape index (κ1) is 17.6. The van der Waals surface area contributed by atoms with Crippen LogP contribution in [0.25, 0.3) is 10.8 Å². The molecule has 27 heavy (non-hydrogen) atoms. The lowest BCUT2D eigenvalue weighted by atomic mass is 10.1. The van der Waals surface area contributed by atoms with Crippen molar-refractivity contribution in [1.29, 1.82) is 0 Å². The van der Waals surface area contributed by atoms with Gasteiger partial charge < -0.3 is 15.0 Å². The molecule has 0 atom stereocenters. The lowest BCUT2D eigenvalue weighted by Crippen LogP contribution is -2.20. The van der Waals surface area contributed by atoms with Crippen LogP contribution in [-0.4, -0.2) is 31.1 Å². The molecular weight excluding hydrogens is 362 g/mol. The normalized spacial score (nSPS) is 13.8. The van der Waals surface area contributed by atoms with E-state index >= 15 is 0 Å². The Kier molecular flexibility index (Phi) is 4.86. The Hall–Kier alpha value is -2.79. The molecule has 1 aliphatic heterocycles. The molecule has 4 rings (SSSR count). The Bertz CT molecular complexity index is 1000. The number of rotatable bonds is 4. The molecule has 6 heteroatoms. The first-order chi connectivity index (χ1) is 13.2. The summed E-state index contributed by atoms with van der Waals surface area (Å²) in [4.78, 5) is 19.8. The van der Waals surface area contributed by atoms with Crippen molar-refractivity contribution < 1.29 is 9.53 Å². The number of ether oxygens (including phenoxy) is 1. The number of fused-ring (bicyclic) bond motifs is 1. The number of pyridine rings is 1. The lowest BCUT2D eigenvalue weighted by Gasteiger charge is -2.19. The van der Waals surface area contributed by atoms with Gasteiger partial charge in [-0.25, -0.2) is 4.98 Å². The second kappa shape index (κ2) is 7.45. The van der Waals surface area contributed by atoms with Crippen LogP contribution in [0.3, 0.4) is 0 Å². The Morgan fingerprint density at radius 2 is 1.89 bits per heavy atom. The Labute approximate surface area is 162 Å². The van der Waals surface area contributed by atoms with Crippen molar-refractivity contribution in [3.8, 4) is 5.75 Å². The number of benzene rings is 2. The standard InChI is InChI=1S/C21H20ClN3O2/c1-27-19-9-8-14(12-18(19)22)24-21(26)17-13-23-20(25-10-4-5-11-25)16-7-3-2-6-15(16)17/h2-3,6-9,12-13H,4-5,10-11H2,1H3,(H,24,26). The number of aromatic nitrogens is 1. The van der Waals surface area contributed by atoms with Crippen LogP contribution in [0.2, 0.25) is 5.02 Å². The summed E-state index contributed by atoms with van der Waals surface area (Å²) < 4.78 is 5.15. The van der Waals surface area contributed by atoms with Crippen molar-refractivity contribution in [2.75, 3.05) is 30.4 Å². The smallest absolute Gasteiger partial charge is 0.257 e. The molecule has 2 aromatic carbocycles. The number of hydrogen-bond donors (Lipinski definition) is 1. The fourth-order valence-electron chi connectivity index (χ4n) is 3.48. The Morgan fingerprint density at radius 3 is 2.59 bits per heavy atom. The monoisotopic (exact) mass is 381 g/mol. The third-order valence-electron chi connectivity index (χ3n) is 4.83. The van der Waals surface area contributed by atoms with Crippen LogP contribution in [0.1, 0.15) is 23.2 Å². The van der Waals surface area contributed by atoms with Gasteiger partial charge in [0.25, 0.3) is 5.91 Å². The number of hydrogen-bond acceptors (Lipinski definition) is 4. The van der Waals surface area contributed by atoms with Crippen molar-refractivity contribution in [3.63, 3.8) is 0 Å².